The second-order valence-corrected chi connectivity index (χ2v) is 8.40. The van der Waals surface area contributed by atoms with Gasteiger partial charge in [-0.1, -0.05) is 25.0 Å². The van der Waals surface area contributed by atoms with Gasteiger partial charge in [0.1, 0.15) is 17.1 Å². The lowest BCUT2D eigenvalue weighted by Gasteiger charge is -2.22. The average Bonchev–Trinajstić information content (AvgIpc) is 3.43. The van der Waals surface area contributed by atoms with E-state index >= 15 is 0 Å². The SMILES string of the molecule is CCNC(=NCc1cccc(NC(=O)C2CCCC2)c1)NCC(C)(O)c1ccc(C)o1.I. The number of guanidine groups is 1. The zero-order valence-corrected chi connectivity index (χ0v) is 21.4. The zero-order valence-electron chi connectivity index (χ0n) is 19.1. The molecule has 1 aliphatic rings. The number of amides is 1. The van der Waals surface area contributed by atoms with Crippen LogP contribution in [0.1, 0.15) is 56.6 Å². The maximum Gasteiger partial charge on any atom is 0.227 e. The summed E-state index contributed by atoms with van der Waals surface area (Å²) >= 11 is 0. The first kappa shape index (κ1) is 26.2. The maximum atomic E-state index is 12.4. The lowest BCUT2D eigenvalue weighted by Crippen LogP contribution is -2.44. The van der Waals surface area contributed by atoms with E-state index in [1.807, 2.05) is 44.2 Å². The number of benzene rings is 1. The highest BCUT2D eigenvalue weighted by atomic mass is 127. The highest BCUT2D eigenvalue weighted by Gasteiger charge is 2.27. The van der Waals surface area contributed by atoms with Crippen LogP contribution in [0.3, 0.4) is 0 Å². The lowest BCUT2D eigenvalue weighted by atomic mass is 10.0. The van der Waals surface area contributed by atoms with Crippen LogP contribution in [-0.2, 0) is 16.9 Å². The molecule has 7 nitrogen and oxygen atoms in total. The Balaban J connectivity index is 0.00000363. The number of rotatable bonds is 8. The Hall–Kier alpha value is -2.07. The minimum absolute atomic E-state index is 0. The predicted octanol–water partition coefficient (Wildman–Crippen LogP) is 4.30. The number of carbonyl (C=O) groups is 1. The first-order valence-electron chi connectivity index (χ1n) is 11.1. The van der Waals surface area contributed by atoms with Crippen LogP contribution in [0.15, 0.2) is 45.8 Å². The van der Waals surface area contributed by atoms with E-state index in [-0.39, 0.29) is 42.3 Å². The number of aryl methyl sites for hydroxylation is 1. The van der Waals surface area contributed by atoms with Gasteiger partial charge in [-0.3, -0.25) is 4.79 Å². The smallest absolute Gasteiger partial charge is 0.227 e. The molecule has 0 radical (unpaired) electrons. The fourth-order valence-corrected chi connectivity index (χ4v) is 3.76. The molecule has 2 aromatic rings. The van der Waals surface area contributed by atoms with Gasteiger partial charge in [0.05, 0.1) is 13.1 Å². The van der Waals surface area contributed by atoms with Gasteiger partial charge in [-0.25, -0.2) is 4.99 Å². The second kappa shape index (κ2) is 12.2. The molecule has 1 fully saturated rings. The van der Waals surface area contributed by atoms with Crippen LogP contribution in [0.25, 0.3) is 0 Å². The molecule has 0 saturated heterocycles. The van der Waals surface area contributed by atoms with E-state index < -0.39 is 5.60 Å². The molecule has 1 amide bonds. The van der Waals surface area contributed by atoms with Crippen molar-refractivity contribution in [2.75, 3.05) is 18.4 Å². The summed E-state index contributed by atoms with van der Waals surface area (Å²) in [6.45, 7) is 6.95. The first-order chi connectivity index (χ1) is 14.9. The second-order valence-electron chi connectivity index (χ2n) is 8.40. The molecule has 0 spiro atoms. The van der Waals surface area contributed by atoms with E-state index in [0.717, 1.165) is 42.7 Å². The van der Waals surface area contributed by atoms with Gasteiger partial charge in [0.25, 0.3) is 0 Å². The van der Waals surface area contributed by atoms with Crippen LogP contribution in [0.5, 0.6) is 0 Å². The predicted molar refractivity (Wildman–Crippen MR) is 138 cm³/mol. The van der Waals surface area contributed by atoms with E-state index in [0.29, 0.717) is 24.8 Å². The van der Waals surface area contributed by atoms with Crippen LogP contribution >= 0.6 is 24.0 Å². The van der Waals surface area contributed by atoms with E-state index in [1.54, 1.807) is 13.0 Å². The monoisotopic (exact) mass is 554 g/mol. The Labute approximate surface area is 207 Å². The Morgan fingerprint density at radius 2 is 1.97 bits per heavy atom. The van der Waals surface area contributed by atoms with Gasteiger partial charge in [0.15, 0.2) is 5.96 Å². The third-order valence-corrected chi connectivity index (χ3v) is 5.56. The van der Waals surface area contributed by atoms with Gasteiger partial charge < -0.3 is 25.5 Å². The molecule has 8 heteroatoms. The highest BCUT2D eigenvalue weighted by Crippen LogP contribution is 2.26. The van der Waals surface area contributed by atoms with Crippen molar-refractivity contribution in [3.8, 4) is 0 Å². The molecule has 1 heterocycles. The van der Waals surface area contributed by atoms with Gasteiger partial charge in [0, 0.05) is 18.2 Å². The number of anilines is 1. The third kappa shape index (κ3) is 7.51. The number of carbonyl (C=O) groups excluding carboxylic acids is 1. The molecule has 32 heavy (non-hydrogen) atoms. The molecule has 1 aromatic heterocycles. The molecule has 0 aliphatic heterocycles. The number of hydrogen-bond donors (Lipinski definition) is 4. The van der Waals surface area contributed by atoms with E-state index in [1.165, 1.54) is 0 Å². The van der Waals surface area contributed by atoms with Crippen LogP contribution in [0, 0.1) is 12.8 Å². The third-order valence-electron chi connectivity index (χ3n) is 5.56. The molecule has 1 aliphatic carbocycles. The number of nitrogens with one attached hydrogen (secondary N) is 3. The minimum Gasteiger partial charge on any atom is -0.463 e. The summed E-state index contributed by atoms with van der Waals surface area (Å²) in [5.41, 5.74) is 0.642. The van der Waals surface area contributed by atoms with Crippen LogP contribution < -0.4 is 16.0 Å². The van der Waals surface area contributed by atoms with E-state index in [4.69, 9.17) is 4.42 Å². The number of aliphatic imine (C=N–C) groups is 1. The molecule has 176 valence electrons. The molecular formula is C24H35IN4O3. The van der Waals surface area contributed by atoms with E-state index in [9.17, 15) is 9.90 Å². The lowest BCUT2D eigenvalue weighted by molar-refractivity contribution is -0.119. The summed E-state index contributed by atoms with van der Waals surface area (Å²) in [5.74, 6) is 2.13. The normalized spacial score (nSPS) is 16.2. The first-order valence-corrected chi connectivity index (χ1v) is 11.1. The Bertz CT molecular complexity index is 904. The summed E-state index contributed by atoms with van der Waals surface area (Å²) in [4.78, 5) is 17.0. The number of halogens is 1. The molecule has 1 aromatic carbocycles. The van der Waals surface area contributed by atoms with Gasteiger partial charge in [-0.05, 0) is 63.4 Å². The van der Waals surface area contributed by atoms with Crippen molar-refractivity contribution in [3.05, 3.63) is 53.5 Å². The van der Waals surface area contributed by atoms with Crippen molar-refractivity contribution in [1.82, 2.24) is 10.6 Å². The van der Waals surface area contributed by atoms with Crippen molar-refractivity contribution in [1.29, 1.82) is 0 Å². The molecule has 1 saturated carbocycles. The molecule has 4 N–H and O–H groups in total. The Morgan fingerprint density at radius 1 is 1.22 bits per heavy atom. The molecule has 1 atom stereocenters. The number of furan rings is 1. The van der Waals surface area contributed by atoms with Crippen molar-refractivity contribution < 1.29 is 14.3 Å². The van der Waals surface area contributed by atoms with Crippen molar-refractivity contribution in [2.45, 2.75) is 58.6 Å². The van der Waals surface area contributed by atoms with Crippen molar-refractivity contribution in [3.63, 3.8) is 0 Å². The van der Waals surface area contributed by atoms with Crippen LogP contribution in [-0.4, -0.2) is 30.1 Å². The molecular weight excluding hydrogens is 519 g/mol. The van der Waals surface area contributed by atoms with Gasteiger partial charge in [-0.15, -0.1) is 24.0 Å². The number of nitrogens with zero attached hydrogens (tertiary/aromatic N) is 1. The van der Waals surface area contributed by atoms with E-state index in [2.05, 4.69) is 20.9 Å². The minimum atomic E-state index is -1.16. The highest BCUT2D eigenvalue weighted by molar-refractivity contribution is 14.0. The quantitative estimate of drug-likeness (QED) is 0.222. The van der Waals surface area contributed by atoms with Gasteiger partial charge in [-0.2, -0.15) is 0 Å². The summed E-state index contributed by atoms with van der Waals surface area (Å²) in [5, 5.41) is 20.1. The summed E-state index contributed by atoms with van der Waals surface area (Å²) in [7, 11) is 0. The summed E-state index contributed by atoms with van der Waals surface area (Å²) < 4.78 is 5.57. The zero-order chi connectivity index (χ0) is 22.3. The fourth-order valence-electron chi connectivity index (χ4n) is 3.76. The fraction of sp³-hybridized carbons (Fsp3) is 0.500. The van der Waals surface area contributed by atoms with Gasteiger partial charge in [0.2, 0.25) is 5.91 Å². The van der Waals surface area contributed by atoms with Crippen LogP contribution in [0.2, 0.25) is 0 Å². The Kier molecular flexibility index (Phi) is 10.0. The average molecular weight is 554 g/mol. The number of hydrogen-bond acceptors (Lipinski definition) is 4. The van der Waals surface area contributed by atoms with Gasteiger partial charge >= 0.3 is 0 Å². The molecule has 1 unspecified atom stereocenters. The Morgan fingerprint density at radius 3 is 2.62 bits per heavy atom. The van der Waals surface area contributed by atoms with Crippen LogP contribution in [0.4, 0.5) is 5.69 Å². The maximum absolute atomic E-state index is 12.4. The number of aliphatic hydroxyl groups is 1. The molecule has 3 rings (SSSR count). The molecule has 0 bridgehead atoms. The summed E-state index contributed by atoms with van der Waals surface area (Å²) in [6.07, 6.45) is 4.24. The standard InChI is InChI=1S/C24H34N4O3.HI/c1-4-25-23(27-16-24(3,30)21-13-12-17(2)31-21)26-15-18-8-7-11-20(14-18)28-22(29)19-9-5-6-10-19;/h7-8,11-14,19,30H,4-6,9-10,15-16H2,1-3H3,(H,28,29)(H2,25,26,27);1H. The largest absolute Gasteiger partial charge is 0.463 e. The summed E-state index contributed by atoms with van der Waals surface area (Å²) in [6, 6.07) is 11.4. The van der Waals surface area contributed by atoms with Crippen molar-refractivity contribution >= 4 is 41.5 Å². The van der Waals surface area contributed by atoms with Crippen molar-refractivity contribution in [2.24, 2.45) is 10.9 Å². The topological polar surface area (TPSA) is 98.9 Å².